The third kappa shape index (κ3) is 9.24. The molecule has 1 aliphatic rings. The summed E-state index contributed by atoms with van der Waals surface area (Å²) in [6.45, 7) is 5.71. The number of nitrogens with one attached hydrogen (secondary N) is 1. The van der Waals surface area contributed by atoms with Gasteiger partial charge in [0, 0.05) is 13.0 Å². The Morgan fingerprint density at radius 3 is 2.63 bits per heavy atom. The third-order valence-electron chi connectivity index (χ3n) is 5.27. The molecule has 0 spiro atoms. The van der Waals surface area contributed by atoms with Gasteiger partial charge in [-0.15, -0.1) is 0 Å². The molecule has 1 heterocycles. The van der Waals surface area contributed by atoms with Gasteiger partial charge in [0.2, 0.25) is 11.8 Å². The van der Waals surface area contributed by atoms with Gasteiger partial charge in [-0.05, 0) is 33.1 Å². The van der Waals surface area contributed by atoms with Crippen molar-refractivity contribution in [1.82, 2.24) is 15.5 Å². The molecule has 0 saturated heterocycles. The van der Waals surface area contributed by atoms with E-state index in [0.29, 0.717) is 11.7 Å². The summed E-state index contributed by atoms with van der Waals surface area (Å²) in [7, 11) is 1.46. The maximum Gasteiger partial charge on any atom is 0.307 e. The molecule has 1 aromatic rings. The van der Waals surface area contributed by atoms with Crippen LogP contribution in [0.25, 0.3) is 0 Å². The van der Waals surface area contributed by atoms with Crippen molar-refractivity contribution in [1.29, 1.82) is 0 Å². The summed E-state index contributed by atoms with van der Waals surface area (Å²) in [5.74, 6) is 0.908. The van der Waals surface area contributed by atoms with Crippen molar-refractivity contribution < 1.29 is 23.6 Å². The molecule has 8 nitrogen and oxygen atoms in total. The van der Waals surface area contributed by atoms with Gasteiger partial charge in [-0.2, -0.15) is 4.98 Å². The van der Waals surface area contributed by atoms with Crippen molar-refractivity contribution in [2.45, 2.75) is 96.6 Å². The summed E-state index contributed by atoms with van der Waals surface area (Å²) < 4.78 is 15.7. The number of hydrogen-bond acceptors (Lipinski definition) is 7. The number of methoxy groups -OCH3 is 1. The molecule has 1 atom stereocenters. The third-order valence-corrected chi connectivity index (χ3v) is 5.27. The van der Waals surface area contributed by atoms with Crippen LogP contribution in [-0.4, -0.2) is 41.3 Å². The molecule has 0 bridgehead atoms. The van der Waals surface area contributed by atoms with Crippen LogP contribution in [0.5, 0.6) is 0 Å². The minimum Gasteiger partial charge on any atom is -0.460 e. The molecular formula is C22H37N3O5. The second kappa shape index (κ2) is 12.0. The number of ether oxygens (including phenoxy) is 2. The highest BCUT2D eigenvalue weighted by Crippen LogP contribution is 2.31. The molecule has 0 aromatic carbocycles. The summed E-state index contributed by atoms with van der Waals surface area (Å²) >= 11 is 0. The predicted molar refractivity (Wildman–Crippen MR) is 112 cm³/mol. The SMILES string of the molecule is COCC(=O)NCc1noc([C@H](CCCC2CCCCC2)CC(=O)OC(C)(C)C)n1. The van der Waals surface area contributed by atoms with E-state index in [1.165, 1.54) is 45.6 Å². The quantitative estimate of drug-likeness (QED) is 0.538. The van der Waals surface area contributed by atoms with Crippen molar-refractivity contribution in [3.8, 4) is 0 Å². The standard InChI is InChI=1S/C22H37N3O5/c1-22(2,3)29-20(27)13-17(12-8-11-16-9-6-5-7-10-16)21-24-18(25-30-21)14-23-19(26)15-28-4/h16-17H,5-15H2,1-4H3,(H,23,26)/t17-/m1/s1. The van der Waals surface area contributed by atoms with Crippen LogP contribution >= 0.6 is 0 Å². The number of nitrogens with zero attached hydrogens (tertiary/aromatic N) is 2. The first-order valence-electron chi connectivity index (χ1n) is 11.1. The maximum absolute atomic E-state index is 12.4. The molecule has 1 saturated carbocycles. The number of amides is 1. The lowest BCUT2D eigenvalue weighted by molar-refractivity contribution is -0.155. The van der Waals surface area contributed by atoms with Gasteiger partial charge >= 0.3 is 5.97 Å². The highest BCUT2D eigenvalue weighted by Gasteiger charge is 2.26. The van der Waals surface area contributed by atoms with E-state index in [1.54, 1.807) is 0 Å². The Hall–Kier alpha value is -1.96. The summed E-state index contributed by atoms with van der Waals surface area (Å²) in [4.78, 5) is 28.4. The number of hydrogen-bond donors (Lipinski definition) is 1. The first kappa shape index (κ1) is 24.3. The summed E-state index contributed by atoms with van der Waals surface area (Å²) in [5, 5.41) is 6.62. The zero-order valence-corrected chi connectivity index (χ0v) is 18.9. The number of carbonyl (C=O) groups is 2. The largest absolute Gasteiger partial charge is 0.460 e. The van der Waals surface area contributed by atoms with Crippen molar-refractivity contribution in [3.05, 3.63) is 11.7 Å². The molecule has 1 aromatic heterocycles. The second-order valence-corrected chi connectivity index (χ2v) is 9.18. The van der Waals surface area contributed by atoms with Gasteiger partial charge in [-0.1, -0.05) is 50.1 Å². The molecule has 0 aliphatic heterocycles. The molecule has 1 fully saturated rings. The van der Waals surface area contributed by atoms with E-state index < -0.39 is 5.60 Å². The molecule has 0 unspecified atom stereocenters. The Morgan fingerprint density at radius 1 is 1.23 bits per heavy atom. The first-order chi connectivity index (χ1) is 14.3. The van der Waals surface area contributed by atoms with E-state index in [-0.39, 0.29) is 37.4 Å². The predicted octanol–water partition coefficient (Wildman–Crippen LogP) is 3.90. The monoisotopic (exact) mass is 423 g/mol. The van der Waals surface area contributed by atoms with Crippen LogP contribution in [0.15, 0.2) is 4.52 Å². The highest BCUT2D eigenvalue weighted by atomic mass is 16.6. The van der Waals surface area contributed by atoms with E-state index in [1.807, 2.05) is 20.8 Å². The fourth-order valence-electron chi connectivity index (χ4n) is 3.89. The smallest absolute Gasteiger partial charge is 0.307 e. The normalized spacial score (nSPS) is 16.3. The van der Waals surface area contributed by atoms with E-state index in [9.17, 15) is 9.59 Å². The van der Waals surface area contributed by atoms with Crippen LogP contribution in [-0.2, 0) is 25.6 Å². The van der Waals surface area contributed by atoms with Crippen molar-refractivity contribution in [2.75, 3.05) is 13.7 Å². The topological polar surface area (TPSA) is 104 Å². The summed E-state index contributed by atoms with van der Waals surface area (Å²) in [6, 6.07) is 0. The van der Waals surface area contributed by atoms with Crippen LogP contribution < -0.4 is 5.32 Å². The Kier molecular flexibility index (Phi) is 9.75. The maximum atomic E-state index is 12.4. The molecule has 1 amide bonds. The van der Waals surface area contributed by atoms with Crippen LogP contribution in [0.4, 0.5) is 0 Å². The van der Waals surface area contributed by atoms with Crippen molar-refractivity contribution >= 4 is 11.9 Å². The van der Waals surface area contributed by atoms with Crippen LogP contribution in [0.3, 0.4) is 0 Å². The number of carbonyl (C=O) groups excluding carboxylic acids is 2. The van der Waals surface area contributed by atoms with Gasteiger partial charge in [-0.25, -0.2) is 0 Å². The Labute approximate surface area is 179 Å². The Balaban J connectivity index is 1.95. The van der Waals surface area contributed by atoms with E-state index in [4.69, 9.17) is 14.0 Å². The number of esters is 1. The molecule has 1 N–H and O–H groups in total. The zero-order valence-electron chi connectivity index (χ0n) is 18.9. The number of rotatable bonds is 11. The lowest BCUT2D eigenvalue weighted by Gasteiger charge is -2.23. The second-order valence-electron chi connectivity index (χ2n) is 9.18. The van der Waals surface area contributed by atoms with Crippen molar-refractivity contribution in [2.24, 2.45) is 5.92 Å². The minimum absolute atomic E-state index is 0.0207. The average molecular weight is 424 g/mol. The van der Waals surface area contributed by atoms with Gasteiger partial charge in [0.15, 0.2) is 5.82 Å². The fourth-order valence-corrected chi connectivity index (χ4v) is 3.89. The summed E-state index contributed by atoms with van der Waals surface area (Å²) in [6.07, 6.45) is 9.81. The van der Waals surface area contributed by atoms with Gasteiger partial charge in [-0.3, -0.25) is 9.59 Å². The van der Waals surface area contributed by atoms with Crippen LogP contribution in [0.2, 0.25) is 0 Å². The van der Waals surface area contributed by atoms with Gasteiger partial charge < -0.3 is 19.3 Å². The molecule has 8 heteroatoms. The van der Waals surface area contributed by atoms with E-state index in [2.05, 4.69) is 15.5 Å². The lowest BCUT2D eigenvalue weighted by atomic mass is 9.84. The van der Waals surface area contributed by atoms with Crippen LogP contribution in [0.1, 0.15) is 96.2 Å². The molecule has 2 rings (SSSR count). The first-order valence-corrected chi connectivity index (χ1v) is 11.1. The minimum atomic E-state index is -0.532. The Bertz CT molecular complexity index is 662. The van der Waals surface area contributed by atoms with Gasteiger partial charge in [0.05, 0.1) is 13.0 Å². The van der Waals surface area contributed by atoms with Crippen molar-refractivity contribution in [3.63, 3.8) is 0 Å². The van der Waals surface area contributed by atoms with E-state index >= 15 is 0 Å². The van der Waals surface area contributed by atoms with Crippen LogP contribution in [0, 0.1) is 5.92 Å². The lowest BCUT2D eigenvalue weighted by Crippen LogP contribution is -2.27. The fraction of sp³-hybridized carbons (Fsp3) is 0.818. The molecule has 0 radical (unpaired) electrons. The molecule has 1 aliphatic carbocycles. The number of aromatic nitrogens is 2. The van der Waals surface area contributed by atoms with Gasteiger partial charge in [0.1, 0.15) is 12.2 Å². The Morgan fingerprint density at radius 2 is 1.97 bits per heavy atom. The molecule has 170 valence electrons. The zero-order chi connectivity index (χ0) is 22.0. The molecule has 30 heavy (non-hydrogen) atoms. The summed E-state index contributed by atoms with van der Waals surface area (Å²) in [5.41, 5.74) is -0.532. The highest BCUT2D eigenvalue weighted by molar-refractivity contribution is 5.77. The van der Waals surface area contributed by atoms with E-state index in [0.717, 1.165) is 18.8 Å². The average Bonchev–Trinajstić information content (AvgIpc) is 3.14. The van der Waals surface area contributed by atoms with Gasteiger partial charge in [0.25, 0.3) is 0 Å². The molecular weight excluding hydrogens is 386 g/mol.